The Morgan fingerprint density at radius 3 is 2.84 bits per heavy atom. The van der Waals surface area contributed by atoms with Gasteiger partial charge in [-0.1, -0.05) is 0 Å². The maximum atomic E-state index is 12.4. The Morgan fingerprint density at radius 1 is 1.42 bits per heavy atom. The SMILES string of the molecule is COC(=O)C1CCCCN1C(=O)c1ccc(N)cn1. The molecule has 1 amide bonds. The average Bonchev–Trinajstić information content (AvgIpc) is 2.46. The number of carbonyl (C=O) groups is 2. The fourth-order valence-electron chi connectivity index (χ4n) is 2.23. The van der Waals surface area contributed by atoms with E-state index in [0.717, 1.165) is 12.8 Å². The molecule has 1 aromatic heterocycles. The lowest BCUT2D eigenvalue weighted by Gasteiger charge is -2.33. The number of esters is 1. The second kappa shape index (κ2) is 5.69. The molecule has 0 saturated carbocycles. The topological polar surface area (TPSA) is 85.5 Å². The van der Waals surface area contributed by atoms with Gasteiger partial charge < -0.3 is 15.4 Å². The Bertz CT molecular complexity index is 473. The Hall–Kier alpha value is -2.11. The molecule has 102 valence electrons. The van der Waals surface area contributed by atoms with Crippen LogP contribution in [0.4, 0.5) is 5.69 Å². The highest BCUT2D eigenvalue weighted by Gasteiger charge is 2.33. The van der Waals surface area contributed by atoms with Crippen molar-refractivity contribution >= 4 is 17.6 Å². The number of likely N-dealkylation sites (tertiary alicyclic amines) is 1. The Morgan fingerprint density at radius 2 is 2.21 bits per heavy atom. The molecule has 2 N–H and O–H groups in total. The van der Waals surface area contributed by atoms with E-state index in [1.165, 1.54) is 18.2 Å². The molecule has 0 aromatic carbocycles. The number of pyridine rings is 1. The number of piperidine rings is 1. The van der Waals surface area contributed by atoms with Crippen molar-refractivity contribution in [1.82, 2.24) is 9.88 Å². The van der Waals surface area contributed by atoms with E-state index in [4.69, 9.17) is 10.5 Å². The highest BCUT2D eigenvalue weighted by molar-refractivity contribution is 5.95. The first-order valence-corrected chi connectivity index (χ1v) is 6.24. The lowest BCUT2D eigenvalue weighted by molar-refractivity contribution is -0.147. The predicted molar refractivity (Wildman–Crippen MR) is 69.3 cm³/mol. The van der Waals surface area contributed by atoms with Gasteiger partial charge in [-0.2, -0.15) is 0 Å². The van der Waals surface area contributed by atoms with Crippen LogP contribution in [0.5, 0.6) is 0 Å². The number of hydrogen-bond donors (Lipinski definition) is 1. The summed E-state index contributed by atoms with van der Waals surface area (Å²) in [7, 11) is 1.33. The summed E-state index contributed by atoms with van der Waals surface area (Å²) in [6.07, 6.45) is 3.87. The van der Waals surface area contributed by atoms with Crippen LogP contribution in [0.3, 0.4) is 0 Å². The number of amides is 1. The third-order valence-electron chi connectivity index (χ3n) is 3.24. The molecule has 2 rings (SSSR count). The van der Waals surface area contributed by atoms with Gasteiger partial charge in [0.15, 0.2) is 0 Å². The van der Waals surface area contributed by atoms with Gasteiger partial charge in [0.1, 0.15) is 11.7 Å². The Labute approximate surface area is 111 Å². The molecule has 1 fully saturated rings. The lowest BCUT2D eigenvalue weighted by atomic mass is 10.0. The Kier molecular flexibility index (Phi) is 3.99. The largest absolute Gasteiger partial charge is 0.467 e. The van der Waals surface area contributed by atoms with Crippen LogP contribution in [-0.4, -0.2) is 41.5 Å². The molecule has 0 spiro atoms. The van der Waals surface area contributed by atoms with Crippen molar-refractivity contribution in [1.29, 1.82) is 0 Å². The van der Waals surface area contributed by atoms with Crippen molar-refractivity contribution < 1.29 is 14.3 Å². The van der Waals surface area contributed by atoms with Crippen molar-refractivity contribution in [3.8, 4) is 0 Å². The smallest absolute Gasteiger partial charge is 0.328 e. The molecule has 1 saturated heterocycles. The number of carbonyl (C=O) groups excluding carboxylic acids is 2. The number of aromatic nitrogens is 1. The van der Waals surface area contributed by atoms with Crippen molar-refractivity contribution in [2.24, 2.45) is 0 Å². The monoisotopic (exact) mass is 263 g/mol. The fourth-order valence-corrected chi connectivity index (χ4v) is 2.23. The lowest BCUT2D eigenvalue weighted by Crippen LogP contribution is -2.48. The number of anilines is 1. The van der Waals surface area contributed by atoms with Gasteiger partial charge in [0, 0.05) is 6.54 Å². The average molecular weight is 263 g/mol. The zero-order valence-electron chi connectivity index (χ0n) is 10.8. The zero-order chi connectivity index (χ0) is 13.8. The minimum absolute atomic E-state index is 0.255. The summed E-state index contributed by atoms with van der Waals surface area (Å²) in [5.41, 5.74) is 6.34. The molecule has 2 heterocycles. The van der Waals surface area contributed by atoms with E-state index < -0.39 is 6.04 Å². The minimum Gasteiger partial charge on any atom is -0.467 e. The van der Waals surface area contributed by atoms with E-state index in [9.17, 15) is 9.59 Å². The van der Waals surface area contributed by atoms with Crippen LogP contribution in [0, 0.1) is 0 Å². The molecule has 0 radical (unpaired) electrons. The zero-order valence-corrected chi connectivity index (χ0v) is 10.8. The minimum atomic E-state index is -0.509. The normalized spacial score (nSPS) is 19.0. The Balaban J connectivity index is 2.20. The molecule has 1 aromatic rings. The molecule has 0 aliphatic carbocycles. The summed E-state index contributed by atoms with van der Waals surface area (Å²) in [6, 6.07) is 2.68. The molecular weight excluding hydrogens is 246 g/mol. The summed E-state index contributed by atoms with van der Waals surface area (Å²) in [5, 5.41) is 0. The molecule has 0 bridgehead atoms. The maximum absolute atomic E-state index is 12.4. The number of nitrogens with zero attached hydrogens (tertiary/aromatic N) is 2. The van der Waals surface area contributed by atoms with Crippen LogP contribution in [0.2, 0.25) is 0 Å². The van der Waals surface area contributed by atoms with E-state index in [0.29, 0.717) is 24.3 Å². The van der Waals surface area contributed by atoms with Gasteiger partial charge in [0.2, 0.25) is 0 Å². The second-order valence-electron chi connectivity index (χ2n) is 4.51. The third kappa shape index (κ3) is 2.83. The van der Waals surface area contributed by atoms with Gasteiger partial charge in [-0.15, -0.1) is 0 Å². The van der Waals surface area contributed by atoms with E-state index >= 15 is 0 Å². The standard InChI is InChI=1S/C13H17N3O3/c1-19-13(18)11-4-2-3-7-16(11)12(17)10-6-5-9(14)8-15-10/h5-6,8,11H,2-4,7,14H2,1H3. The molecule has 6 nitrogen and oxygen atoms in total. The van der Waals surface area contributed by atoms with Crippen LogP contribution in [0.15, 0.2) is 18.3 Å². The number of ether oxygens (including phenoxy) is 1. The highest BCUT2D eigenvalue weighted by atomic mass is 16.5. The number of nitrogen functional groups attached to an aromatic ring is 1. The molecular formula is C13H17N3O3. The number of hydrogen-bond acceptors (Lipinski definition) is 5. The van der Waals surface area contributed by atoms with Crippen LogP contribution in [0.1, 0.15) is 29.8 Å². The first kappa shape index (κ1) is 13.3. The summed E-state index contributed by atoms with van der Waals surface area (Å²) in [6.45, 7) is 0.546. The summed E-state index contributed by atoms with van der Waals surface area (Å²) in [4.78, 5) is 29.6. The molecule has 1 aliphatic heterocycles. The first-order chi connectivity index (χ1) is 9.13. The van der Waals surface area contributed by atoms with Crippen molar-refractivity contribution in [2.45, 2.75) is 25.3 Å². The van der Waals surface area contributed by atoms with Crippen LogP contribution < -0.4 is 5.73 Å². The number of methoxy groups -OCH3 is 1. The predicted octanol–water partition coefficient (Wildman–Crippen LogP) is 0.831. The molecule has 1 unspecified atom stereocenters. The van der Waals surface area contributed by atoms with Crippen LogP contribution in [0.25, 0.3) is 0 Å². The molecule has 1 aliphatic rings. The van der Waals surface area contributed by atoms with E-state index in [1.54, 1.807) is 12.1 Å². The first-order valence-electron chi connectivity index (χ1n) is 6.24. The quantitative estimate of drug-likeness (QED) is 0.799. The third-order valence-corrected chi connectivity index (χ3v) is 3.24. The molecule has 6 heteroatoms. The van der Waals surface area contributed by atoms with Gasteiger partial charge >= 0.3 is 5.97 Å². The van der Waals surface area contributed by atoms with Crippen molar-refractivity contribution in [3.63, 3.8) is 0 Å². The van der Waals surface area contributed by atoms with Gasteiger partial charge in [0.05, 0.1) is 19.0 Å². The summed E-state index contributed by atoms with van der Waals surface area (Å²) < 4.78 is 4.75. The van der Waals surface area contributed by atoms with Gasteiger partial charge in [-0.25, -0.2) is 9.78 Å². The summed E-state index contributed by atoms with van der Waals surface area (Å²) >= 11 is 0. The maximum Gasteiger partial charge on any atom is 0.328 e. The van der Waals surface area contributed by atoms with Crippen LogP contribution in [-0.2, 0) is 9.53 Å². The summed E-state index contributed by atoms with van der Waals surface area (Å²) in [5.74, 6) is -0.626. The van der Waals surface area contributed by atoms with Crippen molar-refractivity contribution in [2.75, 3.05) is 19.4 Å². The molecule has 1 atom stereocenters. The van der Waals surface area contributed by atoms with Crippen LogP contribution >= 0.6 is 0 Å². The van der Waals surface area contributed by atoms with Crippen molar-refractivity contribution in [3.05, 3.63) is 24.0 Å². The number of nitrogens with two attached hydrogens (primary N) is 1. The van der Waals surface area contributed by atoms with Gasteiger partial charge in [0.25, 0.3) is 5.91 Å². The second-order valence-corrected chi connectivity index (χ2v) is 4.51. The van der Waals surface area contributed by atoms with Gasteiger partial charge in [-0.3, -0.25) is 4.79 Å². The van der Waals surface area contributed by atoms with E-state index in [2.05, 4.69) is 4.98 Å². The number of rotatable bonds is 2. The highest BCUT2D eigenvalue weighted by Crippen LogP contribution is 2.20. The molecule has 19 heavy (non-hydrogen) atoms. The fraction of sp³-hybridized carbons (Fsp3) is 0.462. The van der Waals surface area contributed by atoms with Gasteiger partial charge in [-0.05, 0) is 31.4 Å². The van der Waals surface area contributed by atoms with E-state index in [-0.39, 0.29) is 11.9 Å². The van der Waals surface area contributed by atoms with E-state index in [1.807, 2.05) is 0 Å².